The molecular formula is C21H30ClN5O4. The number of ether oxygens (including phenoxy) is 1. The van der Waals surface area contributed by atoms with Crippen molar-refractivity contribution in [2.75, 3.05) is 23.3 Å². The van der Waals surface area contributed by atoms with Crippen molar-refractivity contribution in [2.45, 2.75) is 64.7 Å². The number of aliphatic hydroxyl groups is 1. The van der Waals surface area contributed by atoms with Gasteiger partial charge in [0.05, 0.1) is 28.0 Å². The number of aromatic amines is 1. The van der Waals surface area contributed by atoms with Gasteiger partial charge in [0.25, 0.3) is 5.91 Å². The minimum absolute atomic E-state index is 0.115. The van der Waals surface area contributed by atoms with E-state index >= 15 is 0 Å². The van der Waals surface area contributed by atoms with Crippen LogP contribution in [-0.4, -0.2) is 57.4 Å². The van der Waals surface area contributed by atoms with E-state index in [4.69, 9.17) is 16.3 Å². The number of amides is 2. The maximum Gasteiger partial charge on any atom is 0.407 e. The number of halogens is 1. The molecule has 1 aliphatic rings. The zero-order valence-corrected chi connectivity index (χ0v) is 19.3. The number of pyridine rings is 1. The Hall–Kier alpha value is -2.52. The van der Waals surface area contributed by atoms with E-state index in [9.17, 15) is 14.7 Å². The number of nitrogens with zero attached hydrogens (tertiary/aromatic N) is 2. The van der Waals surface area contributed by atoms with Crippen molar-refractivity contribution in [2.24, 2.45) is 0 Å². The molecule has 10 heteroatoms. The molecule has 3 heterocycles. The summed E-state index contributed by atoms with van der Waals surface area (Å²) in [6, 6.07) is -0.115. The summed E-state index contributed by atoms with van der Waals surface area (Å²) in [6.07, 6.45) is 4.39. The molecule has 2 aromatic rings. The van der Waals surface area contributed by atoms with Gasteiger partial charge in [0.1, 0.15) is 16.8 Å². The van der Waals surface area contributed by atoms with Crippen LogP contribution in [-0.2, 0) is 9.53 Å². The number of H-pyrrole nitrogens is 1. The molecule has 2 aromatic heterocycles. The number of hydrogen-bond acceptors (Lipinski definition) is 6. The Morgan fingerprint density at radius 3 is 2.68 bits per heavy atom. The first-order valence-electron chi connectivity index (χ1n) is 10.3. The van der Waals surface area contributed by atoms with Gasteiger partial charge < -0.3 is 30.4 Å². The number of nitrogens with one attached hydrogen (secondary N) is 3. The SMILES string of the molecule is CC(C)(C)OC(=O)NC1CCCN(c2c(Cl)cnc3[nH]cc(NC(=O)C(C)(C)O)c23)C1. The third kappa shape index (κ3) is 5.59. The smallest absolute Gasteiger partial charge is 0.407 e. The Morgan fingerprint density at radius 2 is 2.03 bits per heavy atom. The van der Waals surface area contributed by atoms with E-state index in [0.717, 1.165) is 25.1 Å². The second-order valence-electron chi connectivity index (χ2n) is 9.33. The van der Waals surface area contributed by atoms with Crippen molar-refractivity contribution in [3.05, 3.63) is 17.4 Å². The highest BCUT2D eigenvalue weighted by Crippen LogP contribution is 2.39. The molecule has 0 radical (unpaired) electrons. The molecule has 31 heavy (non-hydrogen) atoms. The Kier molecular flexibility index (Phi) is 6.38. The van der Waals surface area contributed by atoms with E-state index in [2.05, 4.69) is 25.5 Å². The van der Waals surface area contributed by atoms with Crippen LogP contribution in [0.4, 0.5) is 16.2 Å². The van der Waals surface area contributed by atoms with Crippen LogP contribution in [0.2, 0.25) is 5.02 Å². The summed E-state index contributed by atoms with van der Waals surface area (Å²) in [5.41, 5.74) is -0.349. The lowest BCUT2D eigenvalue weighted by atomic mass is 10.0. The largest absolute Gasteiger partial charge is 0.444 e. The van der Waals surface area contributed by atoms with Crippen LogP contribution in [0, 0.1) is 0 Å². The zero-order valence-electron chi connectivity index (χ0n) is 18.5. The summed E-state index contributed by atoms with van der Waals surface area (Å²) in [6.45, 7) is 9.56. The lowest BCUT2D eigenvalue weighted by Crippen LogP contribution is -2.49. The standard InChI is InChI=1S/C21H30ClN5O4/c1-20(2,3)31-19(29)25-12-7-6-8-27(11-12)16-13(22)9-23-17-15(16)14(10-24-17)26-18(28)21(4,5)30/h9-10,12,30H,6-8,11H2,1-5H3,(H,23,24)(H,25,29)(H,26,28). The number of fused-ring (bicyclic) bond motifs is 1. The third-order valence-electron chi connectivity index (χ3n) is 4.89. The van der Waals surface area contributed by atoms with E-state index in [1.165, 1.54) is 13.8 Å². The zero-order chi connectivity index (χ0) is 23.0. The van der Waals surface area contributed by atoms with Crippen LogP contribution in [0.1, 0.15) is 47.5 Å². The molecule has 0 aliphatic carbocycles. The molecule has 1 aliphatic heterocycles. The lowest BCUT2D eigenvalue weighted by Gasteiger charge is -2.36. The Balaban J connectivity index is 1.87. The van der Waals surface area contributed by atoms with Crippen molar-refractivity contribution >= 4 is 46.0 Å². The van der Waals surface area contributed by atoms with E-state index < -0.39 is 23.2 Å². The molecule has 0 spiro atoms. The number of carbonyl (C=O) groups is 2. The van der Waals surface area contributed by atoms with Gasteiger partial charge in [0.15, 0.2) is 0 Å². The average molecular weight is 452 g/mol. The van der Waals surface area contributed by atoms with Crippen molar-refractivity contribution in [3.8, 4) is 0 Å². The van der Waals surface area contributed by atoms with Gasteiger partial charge in [-0.3, -0.25) is 4.79 Å². The van der Waals surface area contributed by atoms with E-state index in [1.54, 1.807) is 12.4 Å². The minimum Gasteiger partial charge on any atom is -0.444 e. The molecule has 2 amide bonds. The molecule has 1 saturated heterocycles. The minimum atomic E-state index is -1.54. The molecule has 0 aromatic carbocycles. The fourth-order valence-electron chi connectivity index (χ4n) is 3.51. The molecule has 0 bridgehead atoms. The summed E-state index contributed by atoms with van der Waals surface area (Å²) < 4.78 is 5.38. The highest BCUT2D eigenvalue weighted by Gasteiger charge is 2.29. The van der Waals surface area contributed by atoms with E-state index in [-0.39, 0.29) is 6.04 Å². The highest BCUT2D eigenvalue weighted by atomic mass is 35.5. The van der Waals surface area contributed by atoms with Gasteiger partial charge >= 0.3 is 6.09 Å². The number of hydrogen-bond donors (Lipinski definition) is 4. The van der Waals surface area contributed by atoms with Crippen LogP contribution in [0.25, 0.3) is 11.0 Å². The number of alkyl carbamates (subject to hydrolysis) is 1. The molecular weight excluding hydrogens is 422 g/mol. The van der Waals surface area contributed by atoms with E-state index in [1.807, 2.05) is 20.8 Å². The topological polar surface area (TPSA) is 120 Å². The Bertz CT molecular complexity index is 977. The summed E-state index contributed by atoms with van der Waals surface area (Å²) >= 11 is 6.54. The fourth-order valence-corrected chi connectivity index (χ4v) is 3.77. The van der Waals surface area contributed by atoms with Gasteiger partial charge in [-0.2, -0.15) is 0 Å². The monoisotopic (exact) mass is 451 g/mol. The molecule has 0 saturated carbocycles. The molecule has 9 nitrogen and oxygen atoms in total. The van der Waals surface area contributed by atoms with Crippen molar-refractivity contribution in [1.29, 1.82) is 0 Å². The van der Waals surface area contributed by atoms with E-state index in [0.29, 0.717) is 28.3 Å². The first-order valence-corrected chi connectivity index (χ1v) is 10.7. The number of anilines is 2. The number of piperidine rings is 1. The molecule has 170 valence electrons. The average Bonchev–Trinajstić information content (AvgIpc) is 3.02. The van der Waals surface area contributed by atoms with Gasteiger partial charge in [-0.05, 0) is 47.5 Å². The third-order valence-corrected chi connectivity index (χ3v) is 5.17. The summed E-state index contributed by atoms with van der Waals surface area (Å²) in [5, 5.41) is 16.8. The van der Waals surface area contributed by atoms with Crippen molar-refractivity contribution < 1.29 is 19.4 Å². The normalized spacial score (nSPS) is 17.5. The molecule has 4 N–H and O–H groups in total. The van der Waals surface area contributed by atoms with Crippen LogP contribution in [0.5, 0.6) is 0 Å². The second kappa shape index (κ2) is 8.55. The molecule has 3 rings (SSSR count). The Morgan fingerprint density at radius 1 is 1.32 bits per heavy atom. The van der Waals surface area contributed by atoms with Gasteiger partial charge in [0, 0.05) is 25.3 Å². The lowest BCUT2D eigenvalue weighted by molar-refractivity contribution is -0.130. The summed E-state index contributed by atoms with van der Waals surface area (Å²) in [5.74, 6) is -0.539. The van der Waals surface area contributed by atoms with Crippen LogP contribution < -0.4 is 15.5 Å². The Labute approximate surface area is 186 Å². The number of carbonyl (C=O) groups excluding carboxylic acids is 2. The summed E-state index contributed by atoms with van der Waals surface area (Å²) in [4.78, 5) is 34.0. The highest BCUT2D eigenvalue weighted by molar-refractivity contribution is 6.35. The number of aromatic nitrogens is 2. The molecule has 1 unspecified atom stereocenters. The van der Waals surface area contributed by atoms with Crippen LogP contribution >= 0.6 is 11.6 Å². The maximum absolute atomic E-state index is 12.3. The first-order chi connectivity index (χ1) is 14.3. The summed E-state index contributed by atoms with van der Waals surface area (Å²) in [7, 11) is 0. The van der Waals surface area contributed by atoms with Gasteiger partial charge in [-0.1, -0.05) is 11.6 Å². The van der Waals surface area contributed by atoms with Gasteiger partial charge in [-0.15, -0.1) is 0 Å². The maximum atomic E-state index is 12.3. The predicted molar refractivity (Wildman–Crippen MR) is 121 cm³/mol. The quantitative estimate of drug-likeness (QED) is 0.565. The predicted octanol–water partition coefficient (Wildman–Crippen LogP) is 3.42. The van der Waals surface area contributed by atoms with Gasteiger partial charge in [0.2, 0.25) is 0 Å². The first kappa shape index (κ1) is 23.1. The molecule has 1 atom stereocenters. The second-order valence-corrected chi connectivity index (χ2v) is 9.73. The van der Waals surface area contributed by atoms with Crippen molar-refractivity contribution in [3.63, 3.8) is 0 Å². The van der Waals surface area contributed by atoms with Crippen molar-refractivity contribution in [1.82, 2.24) is 15.3 Å². The molecule has 1 fully saturated rings. The van der Waals surface area contributed by atoms with Crippen LogP contribution in [0.3, 0.4) is 0 Å². The van der Waals surface area contributed by atoms with Crippen LogP contribution in [0.15, 0.2) is 12.4 Å². The van der Waals surface area contributed by atoms with Gasteiger partial charge in [-0.25, -0.2) is 9.78 Å². The number of rotatable bonds is 4. The fraction of sp³-hybridized carbons (Fsp3) is 0.571.